The molecule has 1 N–H and O–H groups in total. The molecule has 5 nitrogen and oxygen atoms in total. The van der Waals surface area contributed by atoms with Crippen LogP contribution in [-0.2, 0) is 4.79 Å². The van der Waals surface area contributed by atoms with Gasteiger partial charge in [-0.3, -0.25) is 9.69 Å². The highest BCUT2D eigenvalue weighted by Crippen LogP contribution is 2.24. The lowest BCUT2D eigenvalue weighted by atomic mass is 10.0. The third kappa shape index (κ3) is 6.50. The second kappa shape index (κ2) is 10.9. The van der Waals surface area contributed by atoms with E-state index in [0.29, 0.717) is 12.3 Å². The van der Waals surface area contributed by atoms with Gasteiger partial charge in [0.05, 0.1) is 13.2 Å². The van der Waals surface area contributed by atoms with E-state index in [1.54, 1.807) is 19.2 Å². The van der Waals surface area contributed by atoms with Crippen molar-refractivity contribution in [1.82, 2.24) is 10.2 Å². The van der Waals surface area contributed by atoms with E-state index in [2.05, 4.69) is 41.4 Å². The Morgan fingerprint density at radius 3 is 2.21 bits per heavy atom. The second-order valence-electron chi connectivity index (χ2n) is 7.64. The zero-order valence-corrected chi connectivity index (χ0v) is 17.5. The van der Waals surface area contributed by atoms with Gasteiger partial charge in [0.15, 0.2) is 6.61 Å². The smallest absolute Gasteiger partial charge is 0.258 e. The number of aryl methyl sites for hydroxylation is 1. The van der Waals surface area contributed by atoms with Gasteiger partial charge in [-0.1, -0.05) is 42.7 Å². The molecule has 3 rings (SSSR count). The van der Waals surface area contributed by atoms with Crippen molar-refractivity contribution in [2.75, 3.05) is 33.4 Å². The van der Waals surface area contributed by atoms with Crippen LogP contribution in [0.3, 0.4) is 0 Å². The highest BCUT2D eigenvalue weighted by atomic mass is 16.5. The lowest BCUT2D eigenvalue weighted by Gasteiger charge is -2.31. The van der Waals surface area contributed by atoms with Crippen molar-refractivity contribution in [1.29, 1.82) is 0 Å². The van der Waals surface area contributed by atoms with Crippen LogP contribution < -0.4 is 14.8 Å². The summed E-state index contributed by atoms with van der Waals surface area (Å²) in [5.74, 6) is 1.32. The molecule has 0 bridgehead atoms. The molecule has 1 heterocycles. The number of benzene rings is 2. The summed E-state index contributed by atoms with van der Waals surface area (Å²) in [7, 11) is 1.62. The third-order valence-electron chi connectivity index (χ3n) is 5.47. The number of nitrogens with zero attached hydrogens (tertiary/aromatic N) is 1. The molecule has 156 valence electrons. The molecule has 29 heavy (non-hydrogen) atoms. The Morgan fingerprint density at radius 2 is 1.59 bits per heavy atom. The zero-order chi connectivity index (χ0) is 20.5. The SMILES string of the molecule is COc1ccc(OCC(=O)NCC(c2ccc(C)cc2)N2CCCCCC2)cc1. The van der Waals surface area contributed by atoms with Gasteiger partial charge in [-0.2, -0.15) is 0 Å². The fourth-order valence-electron chi connectivity index (χ4n) is 3.74. The minimum atomic E-state index is -0.104. The first-order valence-corrected chi connectivity index (χ1v) is 10.5. The van der Waals surface area contributed by atoms with Crippen LogP contribution in [-0.4, -0.2) is 44.2 Å². The predicted molar refractivity (Wildman–Crippen MR) is 115 cm³/mol. The van der Waals surface area contributed by atoms with Crippen LogP contribution in [0.4, 0.5) is 0 Å². The van der Waals surface area contributed by atoms with Crippen LogP contribution in [0.25, 0.3) is 0 Å². The fraction of sp³-hybridized carbons (Fsp3) is 0.458. The van der Waals surface area contributed by atoms with Crippen molar-refractivity contribution in [2.24, 2.45) is 0 Å². The van der Waals surface area contributed by atoms with E-state index in [-0.39, 0.29) is 18.6 Å². The van der Waals surface area contributed by atoms with Crippen molar-refractivity contribution >= 4 is 5.91 Å². The predicted octanol–water partition coefficient (Wildman–Crippen LogP) is 4.12. The van der Waals surface area contributed by atoms with Gasteiger partial charge in [0.25, 0.3) is 5.91 Å². The molecule has 0 radical (unpaired) electrons. The first-order chi connectivity index (χ1) is 14.2. The number of likely N-dealkylation sites (tertiary alicyclic amines) is 1. The molecule has 0 saturated carbocycles. The second-order valence-corrected chi connectivity index (χ2v) is 7.64. The number of hydrogen-bond acceptors (Lipinski definition) is 4. The van der Waals surface area contributed by atoms with Crippen molar-refractivity contribution < 1.29 is 14.3 Å². The molecule has 0 spiro atoms. The molecule has 1 saturated heterocycles. The summed E-state index contributed by atoms with van der Waals surface area (Å²) in [6.07, 6.45) is 5.02. The van der Waals surface area contributed by atoms with Crippen LogP contribution in [0.1, 0.15) is 42.9 Å². The molecule has 2 aromatic carbocycles. The highest BCUT2D eigenvalue weighted by molar-refractivity contribution is 5.77. The number of methoxy groups -OCH3 is 1. The number of hydrogen-bond donors (Lipinski definition) is 1. The molecular weight excluding hydrogens is 364 g/mol. The summed E-state index contributed by atoms with van der Waals surface area (Å²) in [5, 5.41) is 3.08. The number of rotatable bonds is 8. The van der Waals surface area contributed by atoms with E-state index >= 15 is 0 Å². The normalized spacial score (nSPS) is 15.9. The van der Waals surface area contributed by atoms with Crippen LogP contribution in [0, 0.1) is 6.92 Å². The van der Waals surface area contributed by atoms with Crippen LogP contribution in [0.15, 0.2) is 48.5 Å². The van der Waals surface area contributed by atoms with Gasteiger partial charge in [-0.25, -0.2) is 0 Å². The Morgan fingerprint density at radius 1 is 0.966 bits per heavy atom. The first kappa shape index (κ1) is 21.2. The topological polar surface area (TPSA) is 50.8 Å². The number of nitrogens with one attached hydrogen (secondary N) is 1. The molecule has 0 aromatic heterocycles. The van der Waals surface area contributed by atoms with Gasteiger partial charge in [0, 0.05) is 6.54 Å². The molecule has 1 amide bonds. The zero-order valence-electron chi connectivity index (χ0n) is 17.5. The number of carbonyl (C=O) groups is 1. The molecular formula is C24H32N2O3. The summed E-state index contributed by atoms with van der Waals surface area (Å²) < 4.78 is 10.7. The van der Waals surface area contributed by atoms with Crippen LogP contribution in [0.5, 0.6) is 11.5 Å². The van der Waals surface area contributed by atoms with Crippen molar-refractivity contribution in [2.45, 2.75) is 38.6 Å². The van der Waals surface area contributed by atoms with Crippen LogP contribution >= 0.6 is 0 Å². The number of carbonyl (C=O) groups excluding carboxylic acids is 1. The Kier molecular flexibility index (Phi) is 7.94. The van der Waals surface area contributed by atoms with Gasteiger partial charge in [0.2, 0.25) is 0 Å². The molecule has 1 atom stereocenters. The van der Waals surface area contributed by atoms with Crippen molar-refractivity contribution in [3.8, 4) is 11.5 Å². The quantitative estimate of drug-likeness (QED) is 0.729. The van der Waals surface area contributed by atoms with E-state index < -0.39 is 0 Å². The Balaban J connectivity index is 1.57. The van der Waals surface area contributed by atoms with Gasteiger partial charge >= 0.3 is 0 Å². The maximum Gasteiger partial charge on any atom is 0.258 e. The lowest BCUT2D eigenvalue weighted by Crippen LogP contribution is -2.40. The lowest BCUT2D eigenvalue weighted by molar-refractivity contribution is -0.123. The molecule has 0 aliphatic carbocycles. The monoisotopic (exact) mass is 396 g/mol. The van der Waals surface area contributed by atoms with Crippen molar-refractivity contribution in [3.63, 3.8) is 0 Å². The van der Waals surface area contributed by atoms with E-state index in [9.17, 15) is 4.79 Å². The van der Waals surface area contributed by atoms with E-state index in [0.717, 1.165) is 18.8 Å². The maximum atomic E-state index is 12.4. The van der Waals surface area contributed by atoms with Gasteiger partial charge in [-0.05, 0) is 62.7 Å². The first-order valence-electron chi connectivity index (χ1n) is 10.5. The Labute approximate surface area is 174 Å². The summed E-state index contributed by atoms with van der Waals surface area (Å²) in [6, 6.07) is 16.1. The molecule has 2 aromatic rings. The number of amides is 1. The fourth-order valence-corrected chi connectivity index (χ4v) is 3.74. The minimum absolute atomic E-state index is 0.00689. The van der Waals surface area contributed by atoms with E-state index in [4.69, 9.17) is 9.47 Å². The largest absolute Gasteiger partial charge is 0.497 e. The van der Waals surface area contributed by atoms with Crippen LogP contribution in [0.2, 0.25) is 0 Å². The number of ether oxygens (including phenoxy) is 2. The Hall–Kier alpha value is -2.53. The summed E-state index contributed by atoms with van der Waals surface area (Å²) in [4.78, 5) is 14.9. The molecule has 1 aliphatic heterocycles. The maximum absolute atomic E-state index is 12.4. The molecule has 1 aliphatic rings. The standard InChI is InChI=1S/C24H32N2O3/c1-19-7-9-20(10-8-19)23(26-15-5-3-4-6-16-26)17-25-24(27)18-29-22-13-11-21(28-2)12-14-22/h7-14,23H,3-6,15-18H2,1-2H3,(H,25,27). The highest BCUT2D eigenvalue weighted by Gasteiger charge is 2.22. The van der Waals surface area contributed by atoms with Gasteiger partial charge in [-0.15, -0.1) is 0 Å². The van der Waals surface area contributed by atoms with Gasteiger partial charge < -0.3 is 14.8 Å². The Bertz CT molecular complexity index is 751. The summed E-state index contributed by atoms with van der Waals surface area (Å²) in [5.41, 5.74) is 2.51. The third-order valence-corrected chi connectivity index (χ3v) is 5.47. The van der Waals surface area contributed by atoms with Gasteiger partial charge in [0.1, 0.15) is 11.5 Å². The van der Waals surface area contributed by atoms with E-state index in [1.165, 1.54) is 36.8 Å². The molecule has 5 heteroatoms. The molecule has 1 fully saturated rings. The summed E-state index contributed by atoms with van der Waals surface area (Å²) >= 11 is 0. The average Bonchev–Trinajstić information content (AvgIpc) is 3.03. The minimum Gasteiger partial charge on any atom is -0.497 e. The average molecular weight is 397 g/mol. The van der Waals surface area contributed by atoms with Crippen molar-refractivity contribution in [3.05, 3.63) is 59.7 Å². The summed E-state index contributed by atoms with van der Waals surface area (Å²) in [6.45, 7) is 4.86. The van der Waals surface area contributed by atoms with E-state index in [1.807, 2.05) is 12.1 Å². The molecule has 1 unspecified atom stereocenters.